The number of carbonyl (C=O) groups excluding carboxylic acids is 1. The molecule has 1 N–H and O–H groups in total. The highest BCUT2D eigenvalue weighted by Gasteiger charge is 2.21. The Kier molecular flexibility index (Phi) is 6.64. The van der Waals surface area contributed by atoms with Crippen molar-refractivity contribution >= 4 is 40.7 Å². The lowest BCUT2D eigenvalue weighted by atomic mass is 10.1. The highest BCUT2D eigenvalue weighted by molar-refractivity contribution is 8.14. The van der Waals surface area contributed by atoms with Gasteiger partial charge in [0.15, 0.2) is 0 Å². The summed E-state index contributed by atoms with van der Waals surface area (Å²) in [5.74, 6) is 0.362. The van der Waals surface area contributed by atoms with Crippen molar-refractivity contribution in [1.82, 2.24) is 15.0 Å². The summed E-state index contributed by atoms with van der Waals surface area (Å²) in [7, 11) is 0. The number of halogens is 1. The summed E-state index contributed by atoms with van der Waals surface area (Å²) in [5.41, 5.74) is -0.868. The summed E-state index contributed by atoms with van der Waals surface area (Å²) < 4.78 is 6.40. The fourth-order valence-electron chi connectivity index (χ4n) is 1.30. The van der Waals surface area contributed by atoms with Crippen LogP contribution in [0.5, 0.6) is 0 Å². The van der Waals surface area contributed by atoms with Gasteiger partial charge in [0.2, 0.25) is 17.2 Å². The van der Waals surface area contributed by atoms with Crippen LogP contribution in [0.4, 0.5) is 16.7 Å². The number of nitrogens with zero attached hydrogens (tertiary/aromatic N) is 5. The van der Waals surface area contributed by atoms with Crippen LogP contribution in [-0.2, 0) is 4.74 Å². The molecule has 0 spiro atoms. The standard InChI is InChI=1S/C12H17ClN6O2S/c1-5-19(22-11(20)21-6-2)10-16-8(13)15-9(17-10)18-12(3,4)7-14/h5-6H2,1-4H3,(H,15,16,17,18). The third-order valence-electron chi connectivity index (χ3n) is 2.26. The first-order valence-electron chi connectivity index (χ1n) is 6.54. The van der Waals surface area contributed by atoms with Gasteiger partial charge in [-0.1, -0.05) is 0 Å². The second-order valence-electron chi connectivity index (χ2n) is 4.56. The molecule has 0 atom stereocenters. The van der Waals surface area contributed by atoms with Crippen LogP contribution < -0.4 is 9.62 Å². The fourth-order valence-corrected chi connectivity index (χ4v) is 2.09. The third-order valence-corrected chi connectivity index (χ3v) is 3.34. The Balaban J connectivity index is 3.00. The van der Waals surface area contributed by atoms with Crippen molar-refractivity contribution in [3.8, 4) is 6.07 Å². The van der Waals surface area contributed by atoms with Crippen molar-refractivity contribution < 1.29 is 9.53 Å². The molecular formula is C12H17ClN6O2S. The molecule has 1 aromatic heterocycles. The maximum absolute atomic E-state index is 11.6. The minimum atomic E-state index is -0.868. The van der Waals surface area contributed by atoms with E-state index in [1.54, 1.807) is 20.8 Å². The van der Waals surface area contributed by atoms with E-state index in [1.807, 2.05) is 6.92 Å². The fraction of sp³-hybridized carbons (Fsp3) is 0.583. The minimum Gasteiger partial charge on any atom is -0.457 e. The van der Waals surface area contributed by atoms with Crippen LogP contribution in [0, 0.1) is 11.3 Å². The van der Waals surface area contributed by atoms with E-state index in [1.165, 1.54) is 4.31 Å². The predicted octanol–water partition coefficient (Wildman–Crippen LogP) is 2.87. The van der Waals surface area contributed by atoms with Gasteiger partial charge in [0.05, 0.1) is 24.6 Å². The Bertz CT molecular complexity index is 577. The molecule has 0 aliphatic heterocycles. The highest BCUT2D eigenvalue weighted by atomic mass is 35.5. The van der Waals surface area contributed by atoms with Crippen LogP contribution >= 0.6 is 23.5 Å². The van der Waals surface area contributed by atoms with Gasteiger partial charge in [0.25, 0.3) is 0 Å². The summed E-state index contributed by atoms with van der Waals surface area (Å²) in [4.78, 5) is 23.7. The average molecular weight is 345 g/mol. The first-order valence-corrected chi connectivity index (χ1v) is 7.69. The lowest BCUT2D eigenvalue weighted by molar-refractivity contribution is 0.181. The van der Waals surface area contributed by atoms with E-state index in [0.29, 0.717) is 6.54 Å². The number of nitriles is 1. The lowest BCUT2D eigenvalue weighted by Crippen LogP contribution is -2.30. The average Bonchev–Trinajstić information content (AvgIpc) is 2.44. The van der Waals surface area contributed by atoms with Crippen molar-refractivity contribution in [1.29, 1.82) is 5.26 Å². The van der Waals surface area contributed by atoms with Crippen molar-refractivity contribution in [3.05, 3.63) is 5.28 Å². The van der Waals surface area contributed by atoms with E-state index in [2.05, 4.69) is 26.3 Å². The molecule has 8 nitrogen and oxygen atoms in total. The van der Waals surface area contributed by atoms with E-state index < -0.39 is 10.8 Å². The van der Waals surface area contributed by atoms with Gasteiger partial charge in [-0.3, -0.25) is 4.31 Å². The molecule has 0 saturated heterocycles. The van der Waals surface area contributed by atoms with Gasteiger partial charge in [-0.15, -0.1) is 0 Å². The molecule has 1 aromatic rings. The maximum Gasteiger partial charge on any atom is 0.388 e. The molecular weight excluding hydrogens is 328 g/mol. The lowest BCUT2D eigenvalue weighted by Gasteiger charge is -2.20. The number of ether oxygens (including phenoxy) is 1. The van der Waals surface area contributed by atoms with Crippen LogP contribution in [0.3, 0.4) is 0 Å². The molecule has 10 heteroatoms. The van der Waals surface area contributed by atoms with E-state index in [-0.39, 0.29) is 23.8 Å². The van der Waals surface area contributed by atoms with Gasteiger partial charge in [0, 0.05) is 6.54 Å². The molecule has 0 unspecified atom stereocenters. The van der Waals surface area contributed by atoms with Gasteiger partial charge < -0.3 is 10.1 Å². The number of aromatic nitrogens is 3. The largest absolute Gasteiger partial charge is 0.457 e. The Morgan fingerprint density at radius 3 is 2.68 bits per heavy atom. The second kappa shape index (κ2) is 8.00. The topological polar surface area (TPSA) is 104 Å². The normalized spacial score (nSPS) is 10.7. The van der Waals surface area contributed by atoms with E-state index in [9.17, 15) is 4.79 Å². The molecule has 0 saturated carbocycles. The Hall–Kier alpha value is -1.79. The van der Waals surface area contributed by atoms with Crippen LogP contribution in [-0.4, -0.2) is 38.9 Å². The van der Waals surface area contributed by atoms with Crippen LogP contribution in [0.25, 0.3) is 0 Å². The molecule has 0 aliphatic rings. The predicted molar refractivity (Wildman–Crippen MR) is 85.8 cm³/mol. The van der Waals surface area contributed by atoms with Gasteiger partial charge in [-0.25, -0.2) is 4.79 Å². The molecule has 0 amide bonds. The number of nitrogens with one attached hydrogen (secondary N) is 1. The summed E-state index contributed by atoms with van der Waals surface area (Å²) in [6.45, 7) is 7.64. The number of hydrogen-bond donors (Lipinski definition) is 1. The molecule has 1 rings (SSSR count). The first kappa shape index (κ1) is 18.3. The van der Waals surface area contributed by atoms with Gasteiger partial charge in [-0.05, 0) is 39.3 Å². The summed E-state index contributed by atoms with van der Waals surface area (Å²) >= 11 is 6.72. The Labute approximate surface area is 138 Å². The zero-order valence-corrected chi connectivity index (χ0v) is 14.3. The van der Waals surface area contributed by atoms with Crippen LogP contribution in [0.2, 0.25) is 5.28 Å². The molecule has 0 aliphatic carbocycles. The molecule has 22 heavy (non-hydrogen) atoms. The molecule has 120 valence electrons. The number of rotatable bonds is 6. The highest BCUT2D eigenvalue weighted by Crippen LogP contribution is 2.23. The zero-order chi connectivity index (χ0) is 16.8. The van der Waals surface area contributed by atoms with Gasteiger partial charge in [-0.2, -0.15) is 20.2 Å². The smallest absolute Gasteiger partial charge is 0.388 e. The molecule has 0 aromatic carbocycles. The minimum absolute atomic E-state index is 0.0378. The van der Waals surface area contributed by atoms with Crippen molar-refractivity contribution in [2.24, 2.45) is 0 Å². The molecule has 0 bridgehead atoms. The Morgan fingerprint density at radius 1 is 1.45 bits per heavy atom. The van der Waals surface area contributed by atoms with Crippen molar-refractivity contribution in [2.75, 3.05) is 22.8 Å². The molecule has 0 radical (unpaired) electrons. The molecule has 0 fully saturated rings. The van der Waals surface area contributed by atoms with Crippen molar-refractivity contribution in [2.45, 2.75) is 33.2 Å². The summed E-state index contributed by atoms with van der Waals surface area (Å²) in [6.07, 6.45) is 0. The first-order chi connectivity index (χ1) is 10.3. The van der Waals surface area contributed by atoms with Crippen molar-refractivity contribution in [3.63, 3.8) is 0 Å². The second-order valence-corrected chi connectivity index (χ2v) is 5.85. The van der Waals surface area contributed by atoms with E-state index in [0.717, 1.165) is 11.9 Å². The summed E-state index contributed by atoms with van der Waals surface area (Å²) in [5, 5.41) is 11.4. The quantitative estimate of drug-likeness (QED) is 0.615. The summed E-state index contributed by atoms with van der Waals surface area (Å²) in [6, 6.07) is 2.07. The van der Waals surface area contributed by atoms with Gasteiger partial charge >= 0.3 is 5.30 Å². The number of carbonyl (C=O) groups is 1. The molecule has 1 heterocycles. The third kappa shape index (κ3) is 5.54. The number of hydrogen-bond acceptors (Lipinski definition) is 9. The Morgan fingerprint density at radius 2 is 2.14 bits per heavy atom. The van der Waals surface area contributed by atoms with E-state index in [4.69, 9.17) is 21.6 Å². The zero-order valence-electron chi connectivity index (χ0n) is 12.8. The SMILES string of the molecule is CCOC(=O)SN(CC)c1nc(Cl)nc(NC(C)(C)C#N)n1. The van der Waals surface area contributed by atoms with E-state index >= 15 is 0 Å². The number of anilines is 2. The monoisotopic (exact) mass is 344 g/mol. The van der Waals surface area contributed by atoms with Crippen LogP contribution in [0.15, 0.2) is 0 Å². The van der Waals surface area contributed by atoms with Crippen LogP contribution in [0.1, 0.15) is 27.7 Å². The van der Waals surface area contributed by atoms with Gasteiger partial charge in [0.1, 0.15) is 5.54 Å². The maximum atomic E-state index is 11.6.